The van der Waals surface area contributed by atoms with E-state index in [4.69, 9.17) is 9.94 Å². The molecule has 0 aliphatic carbocycles. The molecule has 0 unspecified atom stereocenters. The van der Waals surface area contributed by atoms with E-state index in [-0.39, 0.29) is 17.7 Å². The van der Waals surface area contributed by atoms with Gasteiger partial charge in [-0.15, -0.1) is 0 Å². The molecular formula is C23H30N4O4. The standard InChI is InChI=1S/C23H30N4O4/c1-15-10-20(4-5-21(15)31-14-19-11-16(2)24-17(3)12-19)23(29)25-27-8-6-18(7-9-27)13-22(28)26-30/h4-5,10-12,18,30H,6-9,13-14H2,1-3H3,(H,25,29)(H,26,28). The Morgan fingerprint density at radius 3 is 2.42 bits per heavy atom. The molecule has 2 aromatic rings. The Balaban J connectivity index is 1.52. The van der Waals surface area contributed by atoms with E-state index in [1.165, 1.54) is 0 Å². The monoisotopic (exact) mass is 426 g/mol. The van der Waals surface area contributed by atoms with Crippen LogP contribution in [-0.4, -0.2) is 40.1 Å². The fourth-order valence-electron chi connectivity index (χ4n) is 3.88. The maximum atomic E-state index is 12.6. The third-order valence-electron chi connectivity index (χ3n) is 5.45. The predicted molar refractivity (Wildman–Crippen MR) is 116 cm³/mol. The fraction of sp³-hybridized carbons (Fsp3) is 0.435. The summed E-state index contributed by atoms with van der Waals surface area (Å²) < 4.78 is 5.95. The molecular weight excluding hydrogens is 396 g/mol. The number of aromatic nitrogens is 1. The number of hydrogen-bond acceptors (Lipinski definition) is 6. The number of carbonyl (C=O) groups is 2. The van der Waals surface area contributed by atoms with Gasteiger partial charge >= 0.3 is 0 Å². The highest BCUT2D eigenvalue weighted by Gasteiger charge is 2.23. The molecule has 0 atom stereocenters. The molecule has 8 nitrogen and oxygen atoms in total. The number of benzene rings is 1. The van der Waals surface area contributed by atoms with Gasteiger partial charge in [-0.3, -0.25) is 25.2 Å². The molecule has 1 fully saturated rings. The summed E-state index contributed by atoms with van der Waals surface area (Å²) in [5, 5.41) is 10.5. The minimum Gasteiger partial charge on any atom is -0.489 e. The van der Waals surface area contributed by atoms with Crippen LogP contribution in [0.25, 0.3) is 0 Å². The molecule has 8 heteroatoms. The summed E-state index contributed by atoms with van der Waals surface area (Å²) >= 11 is 0. The first-order valence-corrected chi connectivity index (χ1v) is 10.5. The topological polar surface area (TPSA) is 104 Å². The van der Waals surface area contributed by atoms with Crippen molar-refractivity contribution in [2.75, 3.05) is 13.1 Å². The summed E-state index contributed by atoms with van der Waals surface area (Å²) in [6.07, 6.45) is 1.87. The summed E-state index contributed by atoms with van der Waals surface area (Å²) in [4.78, 5) is 28.3. The maximum absolute atomic E-state index is 12.6. The quantitative estimate of drug-likeness (QED) is 0.465. The highest BCUT2D eigenvalue weighted by atomic mass is 16.5. The zero-order chi connectivity index (χ0) is 22.4. The van der Waals surface area contributed by atoms with Crippen molar-refractivity contribution in [2.24, 2.45) is 5.92 Å². The molecule has 0 radical (unpaired) electrons. The van der Waals surface area contributed by atoms with Crippen molar-refractivity contribution in [2.45, 2.75) is 46.6 Å². The number of piperidine rings is 1. The first-order valence-electron chi connectivity index (χ1n) is 10.5. The molecule has 3 rings (SSSR count). The lowest BCUT2D eigenvalue weighted by Crippen LogP contribution is -2.47. The van der Waals surface area contributed by atoms with Gasteiger partial charge in [-0.1, -0.05) is 0 Å². The lowest BCUT2D eigenvalue weighted by Gasteiger charge is -2.31. The molecule has 0 spiro atoms. The fourth-order valence-corrected chi connectivity index (χ4v) is 3.88. The van der Waals surface area contributed by atoms with Crippen LogP contribution in [0.2, 0.25) is 0 Å². The van der Waals surface area contributed by atoms with E-state index in [0.29, 0.717) is 31.7 Å². The Hall–Kier alpha value is -2.97. The lowest BCUT2D eigenvalue weighted by atomic mass is 9.94. The lowest BCUT2D eigenvalue weighted by molar-refractivity contribution is -0.130. The SMILES string of the molecule is Cc1cc(COc2ccc(C(=O)NN3CCC(CC(=O)NO)CC3)cc2C)cc(C)n1. The molecule has 0 bridgehead atoms. The predicted octanol–water partition coefficient (Wildman–Crippen LogP) is 2.84. The van der Waals surface area contributed by atoms with Crippen LogP contribution in [0.3, 0.4) is 0 Å². The molecule has 31 heavy (non-hydrogen) atoms. The van der Waals surface area contributed by atoms with Crippen molar-refractivity contribution in [3.8, 4) is 5.75 Å². The Bertz CT molecular complexity index is 919. The molecule has 1 saturated heterocycles. The van der Waals surface area contributed by atoms with Crippen molar-refractivity contribution in [1.82, 2.24) is 20.9 Å². The molecule has 1 aromatic carbocycles. The number of rotatable bonds is 7. The van der Waals surface area contributed by atoms with Gasteiger partial charge in [0.15, 0.2) is 0 Å². The second-order valence-corrected chi connectivity index (χ2v) is 8.14. The summed E-state index contributed by atoms with van der Waals surface area (Å²) in [6.45, 7) is 7.62. The summed E-state index contributed by atoms with van der Waals surface area (Å²) in [5.41, 5.74) is 9.06. The number of amides is 2. The normalized spacial score (nSPS) is 14.8. The number of nitrogens with zero attached hydrogens (tertiary/aromatic N) is 2. The van der Waals surface area contributed by atoms with Crippen LogP contribution >= 0.6 is 0 Å². The highest BCUT2D eigenvalue weighted by molar-refractivity contribution is 5.94. The van der Waals surface area contributed by atoms with Gasteiger partial charge in [0.05, 0.1) is 0 Å². The number of hydrazine groups is 1. The number of hydroxylamine groups is 1. The van der Waals surface area contributed by atoms with E-state index in [1.807, 2.05) is 50.0 Å². The molecule has 1 aliphatic heterocycles. The van der Waals surface area contributed by atoms with Crippen LogP contribution < -0.4 is 15.6 Å². The smallest absolute Gasteiger partial charge is 0.265 e. The highest BCUT2D eigenvalue weighted by Crippen LogP contribution is 2.22. The van der Waals surface area contributed by atoms with Crippen molar-refractivity contribution in [3.63, 3.8) is 0 Å². The van der Waals surface area contributed by atoms with Crippen molar-refractivity contribution >= 4 is 11.8 Å². The van der Waals surface area contributed by atoms with E-state index in [0.717, 1.165) is 41.1 Å². The second kappa shape index (κ2) is 10.4. The molecule has 1 aliphatic rings. The molecule has 0 saturated carbocycles. The average Bonchev–Trinajstić information content (AvgIpc) is 2.73. The van der Waals surface area contributed by atoms with E-state index >= 15 is 0 Å². The number of aryl methyl sites for hydroxylation is 3. The van der Waals surface area contributed by atoms with E-state index in [1.54, 1.807) is 11.5 Å². The van der Waals surface area contributed by atoms with Crippen LogP contribution in [0.4, 0.5) is 0 Å². The number of hydrogen-bond donors (Lipinski definition) is 3. The number of pyridine rings is 1. The number of carbonyl (C=O) groups excluding carboxylic acids is 2. The Morgan fingerprint density at radius 2 is 1.81 bits per heavy atom. The van der Waals surface area contributed by atoms with Gasteiger partial charge < -0.3 is 4.74 Å². The molecule has 2 amide bonds. The van der Waals surface area contributed by atoms with Gasteiger partial charge in [-0.25, -0.2) is 10.5 Å². The van der Waals surface area contributed by atoms with Crippen molar-refractivity contribution in [3.05, 3.63) is 58.4 Å². The molecule has 2 heterocycles. The molecule has 1 aromatic heterocycles. The third-order valence-corrected chi connectivity index (χ3v) is 5.45. The first kappa shape index (κ1) is 22.7. The van der Waals surface area contributed by atoms with Crippen LogP contribution in [0.5, 0.6) is 5.75 Å². The van der Waals surface area contributed by atoms with Crippen molar-refractivity contribution < 1.29 is 19.5 Å². The Labute approximate surface area is 182 Å². The Morgan fingerprint density at radius 1 is 1.13 bits per heavy atom. The zero-order valence-corrected chi connectivity index (χ0v) is 18.3. The second-order valence-electron chi connectivity index (χ2n) is 8.14. The Kier molecular flexibility index (Phi) is 7.59. The first-order chi connectivity index (χ1) is 14.8. The van der Waals surface area contributed by atoms with E-state index in [9.17, 15) is 9.59 Å². The third kappa shape index (κ3) is 6.50. The molecule has 3 N–H and O–H groups in total. The summed E-state index contributed by atoms with van der Waals surface area (Å²) in [7, 11) is 0. The van der Waals surface area contributed by atoms with Crippen molar-refractivity contribution in [1.29, 1.82) is 0 Å². The van der Waals surface area contributed by atoms with Crippen LogP contribution in [0.1, 0.15) is 52.1 Å². The van der Waals surface area contributed by atoms with Crippen LogP contribution in [0, 0.1) is 26.7 Å². The van der Waals surface area contributed by atoms with Gasteiger partial charge in [-0.05, 0) is 81.0 Å². The van der Waals surface area contributed by atoms with Gasteiger partial charge in [0, 0.05) is 36.5 Å². The van der Waals surface area contributed by atoms with E-state index < -0.39 is 0 Å². The molecule has 166 valence electrons. The average molecular weight is 427 g/mol. The van der Waals surface area contributed by atoms with Crippen LogP contribution in [-0.2, 0) is 11.4 Å². The summed E-state index contributed by atoms with van der Waals surface area (Å²) in [6, 6.07) is 9.42. The van der Waals surface area contributed by atoms with E-state index in [2.05, 4.69) is 10.4 Å². The van der Waals surface area contributed by atoms with Crippen LogP contribution in [0.15, 0.2) is 30.3 Å². The zero-order valence-electron chi connectivity index (χ0n) is 18.3. The van der Waals surface area contributed by atoms with Gasteiger partial charge in [0.1, 0.15) is 12.4 Å². The summed E-state index contributed by atoms with van der Waals surface area (Å²) in [5.74, 6) is 0.426. The number of nitrogens with one attached hydrogen (secondary N) is 2. The minimum atomic E-state index is -0.366. The maximum Gasteiger partial charge on any atom is 0.265 e. The van der Waals surface area contributed by atoms with Gasteiger partial charge in [0.25, 0.3) is 5.91 Å². The minimum absolute atomic E-state index is 0.165. The largest absolute Gasteiger partial charge is 0.489 e. The van der Waals surface area contributed by atoms with Gasteiger partial charge in [-0.2, -0.15) is 0 Å². The number of ether oxygens (including phenoxy) is 1. The van der Waals surface area contributed by atoms with Gasteiger partial charge in [0.2, 0.25) is 5.91 Å².